The van der Waals surface area contributed by atoms with Gasteiger partial charge in [0.1, 0.15) is 12.4 Å². The van der Waals surface area contributed by atoms with E-state index in [4.69, 9.17) is 4.74 Å². The first kappa shape index (κ1) is 16.1. The van der Waals surface area contributed by atoms with E-state index in [9.17, 15) is 8.42 Å². The van der Waals surface area contributed by atoms with E-state index >= 15 is 0 Å². The minimum Gasteiger partial charge on any atom is -0.490 e. The fourth-order valence-electron chi connectivity index (χ4n) is 2.33. The van der Waals surface area contributed by atoms with Crippen LogP contribution in [0.5, 0.6) is 5.75 Å². The third-order valence-electron chi connectivity index (χ3n) is 3.66. The molecule has 21 heavy (non-hydrogen) atoms. The van der Waals surface area contributed by atoms with E-state index in [-0.39, 0.29) is 18.1 Å². The van der Waals surface area contributed by atoms with E-state index in [0.29, 0.717) is 0 Å². The quantitative estimate of drug-likeness (QED) is 0.856. The van der Waals surface area contributed by atoms with Gasteiger partial charge in [0.2, 0.25) is 0 Å². The summed E-state index contributed by atoms with van der Waals surface area (Å²) in [6.07, 6.45) is 0. The van der Waals surface area contributed by atoms with Crippen LogP contribution in [0.2, 0.25) is 0 Å². The molecular weight excluding hydrogens is 288 g/mol. The number of hydrogen-bond donors (Lipinski definition) is 1. The van der Waals surface area contributed by atoms with Gasteiger partial charge in [0.05, 0.1) is 11.4 Å². The Labute approximate surface area is 127 Å². The molecule has 0 spiro atoms. The molecule has 0 amide bonds. The van der Waals surface area contributed by atoms with Crippen LogP contribution in [-0.2, 0) is 9.84 Å². The summed E-state index contributed by atoms with van der Waals surface area (Å²) in [4.78, 5) is 2.28. The zero-order valence-corrected chi connectivity index (χ0v) is 13.6. The summed E-state index contributed by atoms with van der Waals surface area (Å²) in [6, 6.07) is 6.04. The minimum atomic E-state index is -2.98. The summed E-state index contributed by atoms with van der Waals surface area (Å²) < 4.78 is 28.8. The van der Waals surface area contributed by atoms with E-state index in [0.717, 1.165) is 37.6 Å². The fraction of sp³-hybridized carbons (Fsp3) is 0.600. The second kappa shape index (κ2) is 7.13. The van der Waals surface area contributed by atoms with Crippen molar-refractivity contribution in [3.05, 3.63) is 23.8 Å². The summed E-state index contributed by atoms with van der Waals surface area (Å²) >= 11 is 0. The van der Waals surface area contributed by atoms with Crippen molar-refractivity contribution in [1.82, 2.24) is 5.32 Å². The van der Waals surface area contributed by atoms with Crippen LogP contribution in [0.15, 0.2) is 18.2 Å². The second-order valence-electron chi connectivity index (χ2n) is 5.29. The van der Waals surface area contributed by atoms with Gasteiger partial charge in [-0.05, 0) is 24.6 Å². The zero-order valence-electron chi connectivity index (χ0n) is 12.8. The topological polar surface area (TPSA) is 58.6 Å². The van der Waals surface area contributed by atoms with Gasteiger partial charge < -0.3 is 15.0 Å². The number of anilines is 1. The first-order valence-electron chi connectivity index (χ1n) is 7.41. The Morgan fingerprint density at radius 2 is 2.00 bits per heavy atom. The number of rotatable bonds is 6. The maximum absolute atomic E-state index is 11.5. The number of hydrogen-bond acceptors (Lipinski definition) is 5. The lowest BCUT2D eigenvalue weighted by Gasteiger charge is -2.31. The summed E-state index contributed by atoms with van der Waals surface area (Å²) in [5.41, 5.74) is 2.24. The van der Waals surface area contributed by atoms with Crippen LogP contribution in [-0.4, -0.2) is 52.7 Å². The molecule has 1 fully saturated rings. The highest BCUT2D eigenvalue weighted by molar-refractivity contribution is 7.91. The molecule has 1 aliphatic rings. The van der Waals surface area contributed by atoms with Crippen LogP contribution < -0.4 is 15.0 Å². The van der Waals surface area contributed by atoms with Gasteiger partial charge in [0, 0.05) is 31.9 Å². The SMILES string of the molecule is CCS(=O)(=O)CCOc1ccc(C)cc1N1CCNCC1. The van der Waals surface area contributed by atoms with Crippen molar-refractivity contribution in [2.24, 2.45) is 0 Å². The van der Waals surface area contributed by atoms with E-state index in [1.807, 2.05) is 12.1 Å². The van der Waals surface area contributed by atoms with Gasteiger partial charge >= 0.3 is 0 Å². The van der Waals surface area contributed by atoms with Crippen LogP contribution in [0.25, 0.3) is 0 Å². The van der Waals surface area contributed by atoms with E-state index in [1.165, 1.54) is 5.56 Å². The molecule has 0 aliphatic carbocycles. The lowest BCUT2D eigenvalue weighted by Crippen LogP contribution is -2.43. The Bertz CT molecular complexity index is 566. The molecule has 6 heteroatoms. The number of sulfone groups is 1. The highest BCUT2D eigenvalue weighted by Gasteiger charge is 2.16. The molecule has 1 saturated heterocycles. The average Bonchev–Trinajstić information content (AvgIpc) is 2.49. The van der Waals surface area contributed by atoms with Gasteiger partial charge in [-0.25, -0.2) is 8.42 Å². The van der Waals surface area contributed by atoms with E-state index < -0.39 is 9.84 Å². The standard InChI is InChI=1S/C15H24N2O3S/c1-3-21(18,19)11-10-20-15-5-4-13(2)12-14(15)17-8-6-16-7-9-17/h4-5,12,16H,3,6-11H2,1-2H3. The molecule has 0 unspecified atom stereocenters. The Morgan fingerprint density at radius 3 is 2.67 bits per heavy atom. The first-order chi connectivity index (χ1) is 10.0. The lowest BCUT2D eigenvalue weighted by molar-refractivity contribution is 0.340. The molecule has 0 radical (unpaired) electrons. The van der Waals surface area contributed by atoms with Crippen molar-refractivity contribution in [2.75, 3.05) is 49.2 Å². The van der Waals surface area contributed by atoms with Gasteiger partial charge in [-0.3, -0.25) is 0 Å². The summed E-state index contributed by atoms with van der Waals surface area (Å²) in [5, 5.41) is 3.33. The predicted octanol–water partition coefficient (Wildman–Crippen LogP) is 1.22. The minimum absolute atomic E-state index is 0.0678. The molecule has 1 heterocycles. The second-order valence-corrected chi connectivity index (χ2v) is 7.77. The third-order valence-corrected chi connectivity index (χ3v) is 5.33. The predicted molar refractivity (Wildman–Crippen MR) is 86.1 cm³/mol. The number of nitrogens with one attached hydrogen (secondary N) is 1. The van der Waals surface area contributed by atoms with Crippen molar-refractivity contribution < 1.29 is 13.2 Å². The smallest absolute Gasteiger partial charge is 0.153 e. The molecule has 0 aromatic heterocycles. The molecule has 1 aliphatic heterocycles. The summed E-state index contributed by atoms with van der Waals surface area (Å²) in [6.45, 7) is 7.71. The van der Waals surface area contributed by atoms with Crippen LogP contribution >= 0.6 is 0 Å². The van der Waals surface area contributed by atoms with Crippen LogP contribution in [0, 0.1) is 6.92 Å². The van der Waals surface area contributed by atoms with Crippen molar-refractivity contribution in [3.63, 3.8) is 0 Å². The van der Waals surface area contributed by atoms with Crippen molar-refractivity contribution in [3.8, 4) is 5.75 Å². The Kier molecular flexibility index (Phi) is 5.47. The van der Waals surface area contributed by atoms with Crippen LogP contribution in [0.3, 0.4) is 0 Å². The molecule has 0 bridgehead atoms. The zero-order chi connectivity index (χ0) is 15.3. The molecule has 2 rings (SSSR count). The number of ether oxygens (including phenoxy) is 1. The van der Waals surface area contributed by atoms with Crippen molar-refractivity contribution in [2.45, 2.75) is 13.8 Å². The monoisotopic (exact) mass is 312 g/mol. The van der Waals surface area contributed by atoms with Gasteiger partial charge in [-0.2, -0.15) is 0 Å². The van der Waals surface area contributed by atoms with Crippen LogP contribution in [0.1, 0.15) is 12.5 Å². The number of piperazine rings is 1. The summed E-state index contributed by atoms with van der Waals surface area (Å²) in [5.74, 6) is 1.00. The van der Waals surface area contributed by atoms with Crippen molar-refractivity contribution >= 4 is 15.5 Å². The highest BCUT2D eigenvalue weighted by atomic mass is 32.2. The van der Waals surface area contributed by atoms with Gasteiger partial charge in [-0.1, -0.05) is 13.0 Å². The molecule has 5 nitrogen and oxygen atoms in total. The third kappa shape index (κ3) is 4.61. The van der Waals surface area contributed by atoms with Gasteiger partial charge in [-0.15, -0.1) is 0 Å². The molecule has 1 aromatic carbocycles. The maximum atomic E-state index is 11.5. The maximum Gasteiger partial charge on any atom is 0.153 e. The Balaban J connectivity index is 2.08. The Morgan fingerprint density at radius 1 is 1.29 bits per heavy atom. The number of nitrogens with zero attached hydrogens (tertiary/aromatic N) is 1. The normalized spacial score (nSPS) is 16.0. The van der Waals surface area contributed by atoms with Crippen LogP contribution in [0.4, 0.5) is 5.69 Å². The Hall–Kier alpha value is -1.27. The molecule has 0 saturated carbocycles. The molecule has 0 atom stereocenters. The van der Waals surface area contributed by atoms with Gasteiger partial charge in [0.15, 0.2) is 9.84 Å². The highest BCUT2D eigenvalue weighted by Crippen LogP contribution is 2.29. The molecule has 1 aromatic rings. The number of aryl methyl sites for hydroxylation is 1. The van der Waals surface area contributed by atoms with E-state index in [2.05, 4.69) is 23.2 Å². The number of benzene rings is 1. The summed E-state index contributed by atoms with van der Waals surface area (Å²) in [7, 11) is -2.98. The first-order valence-corrected chi connectivity index (χ1v) is 9.23. The van der Waals surface area contributed by atoms with Gasteiger partial charge in [0.25, 0.3) is 0 Å². The lowest BCUT2D eigenvalue weighted by atomic mass is 10.1. The fourth-order valence-corrected chi connectivity index (χ4v) is 2.95. The molecular formula is C15H24N2O3S. The molecule has 1 N–H and O–H groups in total. The molecule has 118 valence electrons. The largest absolute Gasteiger partial charge is 0.490 e. The average molecular weight is 312 g/mol. The van der Waals surface area contributed by atoms with E-state index in [1.54, 1.807) is 6.92 Å². The van der Waals surface area contributed by atoms with Crippen molar-refractivity contribution in [1.29, 1.82) is 0 Å².